The summed E-state index contributed by atoms with van der Waals surface area (Å²) in [6, 6.07) is 3.10. The van der Waals surface area contributed by atoms with Crippen molar-refractivity contribution in [3.63, 3.8) is 0 Å². The lowest BCUT2D eigenvalue weighted by Crippen LogP contribution is -2.45. The summed E-state index contributed by atoms with van der Waals surface area (Å²) < 4.78 is 7.76. The number of likely N-dealkylation sites (tertiary alicyclic amines) is 1. The zero-order valence-electron chi connectivity index (χ0n) is 16.8. The fourth-order valence-corrected chi connectivity index (χ4v) is 3.74. The number of aromatic nitrogens is 3. The Labute approximate surface area is 164 Å². The van der Waals surface area contributed by atoms with Gasteiger partial charge in [-0.05, 0) is 38.0 Å². The second-order valence-electron chi connectivity index (χ2n) is 7.11. The van der Waals surface area contributed by atoms with Gasteiger partial charge in [-0.3, -0.25) is 19.3 Å². The number of hydrogen-bond acceptors (Lipinski definition) is 5. The Morgan fingerprint density at radius 3 is 2.75 bits per heavy atom. The number of nitrogens with one attached hydrogen (secondary N) is 1. The number of amides is 2. The summed E-state index contributed by atoms with van der Waals surface area (Å²) in [6.45, 7) is 4.34. The lowest BCUT2D eigenvalue weighted by molar-refractivity contribution is -0.138. The second-order valence-corrected chi connectivity index (χ2v) is 7.11. The summed E-state index contributed by atoms with van der Waals surface area (Å²) in [4.78, 5) is 30.9. The van der Waals surface area contributed by atoms with Gasteiger partial charge in [-0.15, -0.1) is 0 Å². The van der Waals surface area contributed by atoms with Gasteiger partial charge in [-0.2, -0.15) is 5.10 Å². The van der Waals surface area contributed by atoms with Gasteiger partial charge >= 0.3 is 0 Å². The van der Waals surface area contributed by atoms with Crippen LogP contribution in [0.3, 0.4) is 0 Å². The minimum Gasteiger partial charge on any atom is -0.487 e. The molecule has 0 radical (unpaired) electrons. The van der Waals surface area contributed by atoms with E-state index in [2.05, 4.69) is 15.4 Å². The molecule has 0 unspecified atom stereocenters. The molecule has 2 atom stereocenters. The largest absolute Gasteiger partial charge is 0.487 e. The van der Waals surface area contributed by atoms with Crippen LogP contribution in [0.4, 0.5) is 0 Å². The molecule has 3 heterocycles. The fraction of sp³-hybridized carbons (Fsp3) is 0.500. The lowest BCUT2D eigenvalue weighted by Gasteiger charge is -2.23. The van der Waals surface area contributed by atoms with E-state index in [4.69, 9.17) is 4.74 Å². The molecule has 1 saturated heterocycles. The fourth-order valence-electron chi connectivity index (χ4n) is 3.74. The average molecular weight is 385 g/mol. The summed E-state index contributed by atoms with van der Waals surface area (Å²) in [7, 11) is 3.48. The molecule has 1 fully saturated rings. The molecule has 150 valence electrons. The second kappa shape index (κ2) is 8.41. The van der Waals surface area contributed by atoms with Crippen LogP contribution in [-0.4, -0.2) is 57.2 Å². The van der Waals surface area contributed by atoms with E-state index in [9.17, 15) is 9.59 Å². The summed E-state index contributed by atoms with van der Waals surface area (Å²) in [5, 5.41) is 7.06. The zero-order valence-corrected chi connectivity index (χ0v) is 16.8. The van der Waals surface area contributed by atoms with Crippen LogP contribution >= 0.6 is 0 Å². The monoisotopic (exact) mass is 385 g/mol. The molecule has 0 aliphatic carbocycles. The number of hydrogen-bond donors (Lipinski definition) is 1. The van der Waals surface area contributed by atoms with Crippen molar-refractivity contribution >= 4 is 11.8 Å². The standard InChI is InChI=1S/C20H27N5O3/c1-13-17(14(2)24(4)23-13)7-8-19(26)25-12-16(10-18(25)20(27)21-3)28-15-6-5-9-22-11-15/h5-6,9,11,16,18H,7-8,10,12H2,1-4H3,(H,21,27)/t16-,18-/m0/s1. The Kier molecular flexibility index (Phi) is 5.96. The number of aryl methyl sites for hydroxylation is 2. The van der Waals surface area contributed by atoms with Crippen LogP contribution in [0.5, 0.6) is 5.75 Å². The summed E-state index contributed by atoms with van der Waals surface area (Å²) in [6.07, 6.45) is 4.47. The molecule has 2 aromatic heterocycles. The first-order chi connectivity index (χ1) is 13.4. The molecule has 1 aliphatic rings. The van der Waals surface area contributed by atoms with Gasteiger partial charge in [0.05, 0.1) is 18.4 Å². The minimum absolute atomic E-state index is 0.0476. The third-order valence-corrected chi connectivity index (χ3v) is 5.32. The van der Waals surface area contributed by atoms with Crippen molar-refractivity contribution in [2.45, 2.75) is 45.3 Å². The van der Waals surface area contributed by atoms with Crippen molar-refractivity contribution in [1.82, 2.24) is 25.0 Å². The topological polar surface area (TPSA) is 89.3 Å². The normalized spacial score (nSPS) is 18.9. The van der Waals surface area contributed by atoms with E-state index in [1.807, 2.05) is 31.6 Å². The van der Waals surface area contributed by atoms with Crippen LogP contribution in [0.2, 0.25) is 0 Å². The van der Waals surface area contributed by atoms with E-state index in [0.717, 1.165) is 17.0 Å². The molecule has 1 N–H and O–H groups in total. The molecule has 1 aliphatic heterocycles. The van der Waals surface area contributed by atoms with Gasteiger partial charge in [0.1, 0.15) is 17.9 Å². The van der Waals surface area contributed by atoms with Crippen molar-refractivity contribution in [2.24, 2.45) is 7.05 Å². The highest BCUT2D eigenvalue weighted by molar-refractivity contribution is 5.88. The quantitative estimate of drug-likeness (QED) is 0.806. The van der Waals surface area contributed by atoms with Crippen LogP contribution in [0.1, 0.15) is 29.8 Å². The average Bonchev–Trinajstić information content (AvgIpc) is 3.21. The van der Waals surface area contributed by atoms with E-state index in [1.54, 1.807) is 30.4 Å². The van der Waals surface area contributed by atoms with Gasteiger partial charge in [0.15, 0.2) is 0 Å². The number of carbonyl (C=O) groups excluding carboxylic acids is 2. The van der Waals surface area contributed by atoms with Crippen LogP contribution in [0, 0.1) is 13.8 Å². The predicted molar refractivity (Wildman–Crippen MR) is 104 cm³/mol. The Morgan fingerprint density at radius 2 is 2.14 bits per heavy atom. The van der Waals surface area contributed by atoms with Gasteiger partial charge in [0, 0.05) is 38.8 Å². The van der Waals surface area contributed by atoms with Crippen LogP contribution in [-0.2, 0) is 23.1 Å². The zero-order chi connectivity index (χ0) is 20.3. The predicted octanol–water partition coefficient (Wildman–Crippen LogP) is 1.16. The molecular formula is C20H27N5O3. The molecule has 3 rings (SSSR count). The van der Waals surface area contributed by atoms with E-state index in [-0.39, 0.29) is 17.9 Å². The number of pyridine rings is 1. The number of likely N-dealkylation sites (N-methyl/N-ethyl adjacent to an activating group) is 1. The van der Waals surface area contributed by atoms with E-state index < -0.39 is 6.04 Å². The van der Waals surface area contributed by atoms with Crippen molar-refractivity contribution in [3.8, 4) is 5.75 Å². The Morgan fingerprint density at radius 1 is 1.36 bits per heavy atom. The smallest absolute Gasteiger partial charge is 0.242 e. The van der Waals surface area contributed by atoms with Crippen LogP contribution < -0.4 is 10.1 Å². The third-order valence-electron chi connectivity index (χ3n) is 5.32. The van der Waals surface area contributed by atoms with E-state index in [1.165, 1.54) is 0 Å². The molecular weight excluding hydrogens is 358 g/mol. The molecule has 0 aromatic carbocycles. The Bertz CT molecular complexity index is 849. The molecule has 0 spiro atoms. The first kappa shape index (κ1) is 19.9. The van der Waals surface area contributed by atoms with Gasteiger partial charge < -0.3 is 15.0 Å². The van der Waals surface area contributed by atoms with Crippen molar-refractivity contribution in [3.05, 3.63) is 41.5 Å². The molecule has 0 bridgehead atoms. The SMILES string of the molecule is CNC(=O)[C@@H]1C[C@H](Oc2cccnc2)CN1C(=O)CCc1c(C)nn(C)c1C. The van der Waals surface area contributed by atoms with Gasteiger partial charge in [-0.1, -0.05) is 0 Å². The van der Waals surface area contributed by atoms with Crippen molar-refractivity contribution in [2.75, 3.05) is 13.6 Å². The minimum atomic E-state index is -0.518. The van der Waals surface area contributed by atoms with E-state index >= 15 is 0 Å². The van der Waals surface area contributed by atoms with Crippen LogP contribution in [0.25, 0.3) is 0 Å². The highest BCUT2D eigenvalue weighted by atomic mass is 16.5. The number of ether oxygens (including phenoxy) is 1. The first-order valence-electron chi connectivity index (χ1n) is 9.47. The molecule has 8 nitrogen and oxygen atoms in total. The van der Waals surface area contributed by atoms with E-state index in [0.29, 0.717) is 31.6 Å². The maximum absolute atomic E-state index is 12.9. The molecule has 28 heavy (non-hydrogen) atoms. The number of nitrogens with zero attached hydrogens (tertiary/aromatic N) is 4. The third kappa shape index (κ3) is 4.16. The van der Waals surface area contributed by atoms with Crippen molar-refractivity contribution in [1.29, 1.82) is 0 Å². The van der Waals surface area contributed by atoms with Gasteiger partial charge in [0.25, 0.3) is 0 Å². The summed E-state index contributed by atoms with van der Waals surface area (Å²) in [5.41, 5.74) is 3.09. The summed E-state index contributed by atoms with van der Waals surface area (Å²) >= 11 is 0. The number of rotatable bonds is 6. The Balaban J connectivity index is 1.68. The maximum atomic E-state index is 12.9. The molecule has 2 amide bonds. The highest BCUT2D eigenvalue weighted by Gasteiger charge is 2.40. The summed E-state index contributed by atoms with van der Waals surface area (Å²) in [5.74, 6) is 0.423. The number of carbonyl (C=O) groups is 2. The lowest BCUT2D eigenvalue weighted by atomic mass is 10.1. The molecule has 8 heteroatoms. The highest BCUT2D eigenvalue weighted by Crippen LogP contribution is 2.24. The molecule has 2 aromatic rings. The van der Waals surface area contributed by atoms with Crippen molar-refractivity contribution < 1.29 is 14.3 Å². The van der Waals surface area contributed by atoms with Crippen LogP contribution in [0.15, 0.2) is 24.5 Å². The van der Waals surface area contributed by atoms with Gasteiger partial charge in [0.2, 0.25) is 11.8 Å². The molecule has 0 saturated carbocycles. The van der Waals surface area contributed by atoms with Gasteiger partial charge in [-0.25, -0.2) is 0 Å². The maximum Gasteiger partial charge on any atom is 0.242 e. The Hall–Kier alpha value is -2.90. The first-order valence-corrected chi connectivity index (χ1v) is 9.47.